The van der Waals surface area contributed by atoms with Gasteiger partial charge in [-0.15, -0.1) is 0 Å². The summed E-state index contributed by atoms with van der Waals surface area (Å²) in [4.78, 5) is 92.5. The van der Waals surface area contributed by atoms with Gasteiger partial charge in [-0.05, 0) is 42.5 Å². The number of halogens is 4. The Morgan fingerprint density at radius 3 is 0.845 bits per heavy atom. The van der Waals surface area contributed by atoms with E-state index in [1.165, 1.54) is 11.0 Å². The topological polar surface area (TPSA) is 405 Å². The molecule has 0 aliphatic heterocycles. The number of phenolic OH excluding ortho intramolecular Hbond substituents is 6. The Morgan fingerprint density at radius 1 is 0.309 bits per heavy atom. The number of phenols is 6. The Balaban J connectivity index is 0.000000230. The van der Waals surface area contributed by atoms with Crippen LogP contribution in [0.4, 0.5) is 38.5 Å². The second-order valence-electron chi connectivity index (χ2n) is 30.7. The van der Waals surface area contributed by atoms with E-state index in [9.17, 15) is 101 Å². The van der Waals surface area contributed by atoms with Gasteiger partial charge in [0, 0.05) is 47.3 Å². The van der Waals surface area contributed by atoms with E-state index in [-0.39, 0.29) is 235 Å². The average Bonchev–Trinajstić information content (AvgIpc) is 0.726. The van der Waals surface area contributed by atoms with Gasteiger partial charge in [0.05, 0.1) is 253 Å². The number of likely N-dealkylation sites (N-methyl/N-ethyl adjacent to an activating group) is 10. The summed E-state index contributed by atoms with van der Waals surface area (Å²) >= 11 is 20.2. The number of carbonyl (C=O) groups excluding carboxylic acids is 6. The molecule has 6 aromatic carbocycles. The zero-order valence-electron chi connectivity index (χ0n) is 64.5. The molecular formula is C74H102Cl3FN12O20+6. The molecular weight excluding hydrogens is 1500 g/mol. The molecule has 0 saturated heterocycles. The van der Waals surface area contributed by atoms with E-state index >= 15 is 4.39 Å². The van der Waals surface area contributed by atoms with Crippen molar-refractivity contribution in [1.29, 1.82) is 0 Å². The van der Waals surface area contributed by atoms with Gasteiger partial charge in [0.1, 0.15) is 79.6 Å². The van der Waals surface area contributed by atoms with Crippen LogP contribution in [0, 0.1) is 5.82 Å². The predicted molar refractivity (Wildman–Crippen MR) is 408 cm³/mol. The van der Waals surface area contributed by atoms with Gasteiger partial charge in [-0.1, -0.05) is 34.8 Å². The first kappa shape index (κ1) is 88.4. The summed E-state index contributed by atoms with van der Waals surface area (Å²) in [6.07, 6.45) is 0. The molecule has 0 heterocycles. The molecule has 36 heteroatoms. The first-order chi connectivity index (χ1) is 50.6. The molecule has 32 nitrogen and oxygen atoms in total. The molecule has 0 aromatic heterocycles. The second-order valence-corrected chi connectivity index (χ2v) is 31.9. The molecule has 0 saturated carbocycles. The monoisotopic (exact) mass is 1600 g/mol. The summed E-state index contributed by atoms with van der Waals surface area (Å²) in [5, 5.41) is 143. The minimum atomic E-state index is -0.796. The number of hydrogen-bond acceptors (Lipinski definition) is 26. The van der Waals surface area contributed by atoms with Crippen LogP contribution in [0.15, 0.2) is 48.5 Å². The van der Waals surface area contributed by atoms with E-state index in [0.29, 0.717) is 0 Å². The number of carbonyl (C=O) groups is 6. The number of rotatable bonds is 28. The van der Waals surface area contributed by atoms with Crippen LogP contribution < -0.4 is 29.4 Å². The lowest BCUT2D eigenvalue weighted by atomic mass is 9.80. The third kappa shape index (κ3) is 19.7. The van der Waals surface area contributed by atoms with Crippen molar-refractivity contribution < 1.29 is 133 Å². The van der Waals surface area contributed by atoms with Crippen LogP contribution in [0.25, 0.3) is 0 Å². The average molecular weight is 1610 g/mol. The Bertz CT molecular complexity index is 4490. The van der Waals surface area contributed by atoms with Gasteiger partial charge in [-0.25, -0.2) is 35.6 Å². The summed E-state index contributed by atoms with van der Waals surface area (Å²) in [6, 6.07) is 9.38. The number of anilines is 6. The van der Waals surface area contributed by atoms with Gasteiger partial charge in [0.2, 0.25) is 34.7 Å². The van der Waals surface area contributed by atoms with Crippen LogP contribution in [-0.2, 0) is 0 Å². The van der Waals surface area contributed by atoms with E-state index in [0.717, 1.165) is 42.5 Å². The van der Waals surface area contributed by atoms with Crippen molar-refractivity contribution in [1.82, 2.24) is 0 Å². The molecule has 0 amide bonds. The molecule has 600 valence electrons. The summed E-state index contributed by atoms with van der Waals surface area (Å²) in [7, 11) is 25.2. The molecule has 6 aromatic rings. The molecule has 3 aliphatic carbocycles. The van der Waals surface area contributed by atoms with Crippen molar-refractivity contribution in [2.75, 3.05) is 247 Å². The van der Waals surface area contributed by atoms with Crippen molar-refractivity contribution in [3.8, 4) is 34.5 Å². The number of aromatic hydroxyl groups is 6. The Morgan fingerprint density at radius 2 is 0.545 bits per heavy atom. The Labute approximate surface area is 651 Å². The van der Waals surface area contributed by atoms with Crippen LogP contribution in [0.1, 0.15) is 95.5 Å². The second kappa shape index (κ2) is 33.6. The van der Waals surface area contributed by atoms with Crippen LogP contribution in [0.2, 0.25) is 15.1 Å². The van der Waals surface area contributed by atoms with Crippen LogP contribution in [0.3, 0.4) is 0 Å². The van der Waals surface area contributed by atoms with E-state index in [1.807, 2.05) is 0 Å². The molecule has 0 atom stereocenters. The van der Waals surface area contributed by atoms with Gasteiger partial charge in [0.15, 0.2) is 0 Å². The molecule has 0 unspecified atom stereocenters. The number of aliphatic hydroxyl groups is 2. The quantitative estimate of drug-likeness (QED) is 0.0155. The van der Waals surface area contributed by atoms with Crippen LogP contribution in [-0.4, -0.2) is 352 Å². The summed E-state index contributed by atoms with van der Waals surface area (Å²) in [5.41, 5.74) is -2.11. The van der Waals surface area contributed by atoms with Crippen LogP contribution >= 0.6 is 34.8 Å². The van der Waals surface area contributed by atoms with Crippen molar-refractivity contribution in [3.05, 3.63) is 136 Å². The molecule has 3 aliphatic rings. The number of fused-ring (bicyclic) bond motifs is 6. The molecule has 0 radical (unpaired) electrons. The van der Waals surface area contributed by atoms with Gasteiger partial charge in [-0.3, -0.25) is 28.8 Å². The highest BCUT2D eigenvalue weighted by Crippen LogP contribution is 2.52. The maximum atomic E-state index is 15.6. The lowest BCUT2D eigenvalue weighted by Crippen LogP contribution is -2.45. The van der Waals surface area contributed by atoms with E-state index in [4.69, 9.17) is 34.8 Å². The third-order valence-electron chi connectivity index (χ3n) is 18.7. The van der Waals surface area contributed by atoms with Crippen molar-refractivity contribution in [3.63, 3.8) is 0 Å². The highest BCUT2D eigenvalue weighted by atomic mass is 35.5. The number of hydroxylamine groups is 18. The number of hydrogen-bond donors (Lipinski definition) is 14. The molecule has 0 spiro atoms. The van der Waals surface area contributed by atoms with E-state index in [1.54, 1.807) is 137 Å². The maximum Gasteiger partial charge on any atom is 0.200 e. The maximum absolute atomic E-state index is 15.6. The molecule has 0 bridgehead atoms. The van der Waals surface area contributed by atoms with Crippen molar-refractivity contribution in [2.45, 2.75) is 0 Å². The highest BCUT2D eigenvalue weighted by molar-refractivity contribution is 6.49. The van der Waals surface area contributed by atoms with Gasteiger partial charge >= 0.3 is 0 Å². The predicted octanol–water partition coefficient (Wildman–Crippen LogP) is 5.85. The van der Waals surface area contributed by atoms with E-state index in [2.05, 4.69) is 0 Å². The zero-order chi connectivity index (χ0) is 83.1. The molecule has 0 fully saturated rings. The Hall–Kier alpha value is -8.82. The molecule has 14 N–H and O–H groups in total. The fourth-order valence-electron chi connectivity index (χ4n) is 12.8. The number of nitrogens with zero attached hydrogens (tertiary/aromatic N) is 12. The van der Waals surface area contributed by atoms with Gasteiger partial charge < -0.3 is 70.3 Å². The number of benzene rings is 6. The van der Waals surface area contributed by atoms with E-state index < -0.39 is 89.0 Å². The minimum absolute atomic E-state index is 0.0163. The SMILES string of the molecule is CN(CC[N+](C)(C)O)c1c(Cl)c(Cl)c(N(C)CC[N+](C)(C)O)c2c1C(=O)c1c(O)ccc(O)c1C2=O.CN(CC[N+](C)(C)O)c1cc(F)c(N(C)CC[N+](C)(C)O)c2c1C(=O)c1c(O)ccc(O)c1C2=O.C[N+](C)(O)CCN(CCO)c1cc(Cl)c(N(CCO)CC[N+](C)(C)O)c2c1C(=O)c1c(O)ccc(O)c1C2=O. The Kier molecular flexibility index (Phi) is 27.0. The summed E-state index contributed by atoms with van der Waals surface area (Å²) in [6.45, 7) is 1.94. The van der Waals surface area contributed by atoms with Crippen LogP contribution in [0.5, 0.6) is 34.5 Å². The number of ketones is 6. The highest BCUT2D eigenvalue weighted by Gasteiger charge is 2.46. The fourth-order valence-corrected chi connectivity index (χ4v) is 13.8. The largest absolute Gasteiger partial charge is 0.507 e. The summed E-state index contributed by atoms with van der Waals surface area (Å²) in [5.74, 6) is -8.01. The summed E-state index contributed by atoms with van der Waals surface area (Å²) < 4.78 is 13.4. The number of quaternary nitrogens is 6. The molecule has 9 rings (SSSR count). The molecule has 110 heavy (non-hydrogen) atoms. The lowest BCUT2D eigenvalue weighted by Gasteiger charge is -2.35. The van der Waals surface area contributed by atoms with Crippen molar-refractivity contribution in [2.24, 2.45) is 0 Å². The minimum Gasteiger partial charge on any atom is -0.507 e. The van der Waals surface area contributed by atoms with Gasteiger partial charge in [-0.2, -0.15) is 27.9 Å². The van der Waals surface area contributed by atoms with Gasteiger partial charge in [0.25, 0.3) is 0 Å². The smallest absolute Gasteiger partial charge is 0.200 e. The van der Waals surface area contributed by atoms with Crippen molar-refractivity contribution >= 4 is 104 Å². The zero-order valence-corrected chi connectivity index (χ0v) is 66.8. The normalized spacial score (nSPS) is 13.5. The standard InChI is InChI=1S/C26H35ClN4O8.C24H30Cl2N4O6.C24H31FN4O6/c1-30(2,38)11-7-28(9-13-32)17-15-16(27)24(29(10-14-33)8-12-31(3,4)39)23-20(17)25(36)21-18(34)5-6-19(35)22(21)26(23)37;1-27(9-11-29(3,4)35)21-17-18(22(20(26)19(21)25)28(2)10-12-30(5,6)36)24(34)16-14(32)8-7-13(31)15(16)23(17)33;1-26(9-11-28(3,4)34)15-13-14(25)22(27(2)10-12-29(5,6)35)21-18(15)23(32)19-16(30)7-8-17(31)20(19)24(21)33/h5-6,15,32-33,38-39H,7-14H2,1-4H3;7-8,35-36H,9-12H2,1-6H3;7-8,13,34-35H,9-12H2,1-6H3/p+6. The number of aliphatic hydroxyl groups excluding tert-OH is 2. The first-order valence-electron chi connectivity index (χ1n) is 34.7. The first-order valence-corrected chi connectivity index (χ1v) is 35.8. The fraction of sp³-hybridized carbons (Fsp3) is 0.432. The lowest BCUT2D eigenvalue weighted by molar-refractivity contribution is -1.07. The third-order valence-corrected chi connectivity index (χ3v) is 19.8.